The maximum Gasteiger partial charge on any atom is 0.251 e. The van der Waals surface area contributed by atoms with Crippen molar-refractivity contribution < 1.29 is 9.59 Å². The standard InChI is InChI=1S/C19H21ClN2O2/c1-19(2,3)22-18(24)14-10-8-13(9-11-14)17(23)21-12-15-6-4-5-7-16(15)20/h4-11H,12H2,1-3H3,(H,21,23)(H,22,24). The first kappa shape index (κ1) is 18.0. The minimum atomic E-state index is -0.303. The van der Waals surface area contributed by atoms with Crippen molar-refractivity contribution in [2.75, 3.05) is 0 Å². The van der Waals surface area contributed by atoms with Crippen molar-refractivity contribution in [2.24, 2.45) is 0 Å². The van der Waals surface area contributed by atoms with E-state index in [4.69, 9.17) is 11.6 Å². The highest BCUT2D eigenvalue weighted by molar-refractivity contribution is 6.31. The Bertz CT molecular complexity index is 734. The minimum absolute atomic E-state index is 0.162. The van der Waals surface area contributed by atoms with Gasteiger partial charge in [0.15, 0.2) is 0 Å². The summed E-state index contributed by atoms with van der Waals surface area (Å²) in [7, 11) is 0. The van der Waals surface area contributed by atoms with Gasteiger partial charge in [0.2, 0.25) is 0 Å². The van der Waals surface area contributed by atoms with Gasteiger partial charge in [-0.25, -0.2) is 0 Å². The monoisotopic (exact) mass is 344 g/mol. The number of rotatable bonds is 4. The summed E-state index contributed by atoms with van der Waals surface area (Å²) in [6.45, 7) is 6.11. The number of nitrogens with one attached hydrogen (secondary N) is 2. The van der Waals surface area contributed by atoms with Gasteiger partial charge < -0.3 is 10.6 Å². The van der Waals surface area contributed by atoms with Crippen LogP contribution < -0.4 is 10.6 Å². The summed E-state index contributed by atoms with van der Waals surface area (Å²) in [5, 5.41) is 6.32. The number of hydrogen-bond acceptors (Lipinski definition) is 2. The molecule has 0 atom stereocenters. The first-order valence-electron chi connectivity index (χ1n) is 7.70. The summed E-state index contributed by atoms with van der Waals surface area (Å²) in [4.78, 5) is 24.2. The van der Waals surface area contributed by atoms with E-state index in [1.165, 1.54) is 0 Å². The number of hydrogen-bond donors (Lipinski definition) is 2. The van der Waals surface area contributed by atoms with Gasteiger partial charge in [-0.2, -0.15) is 0 Å². The molecule has 0 heterocycles. The molecule has 0 fully saturated rings. The average Bonchev–Trinajstić information content (AvgIpc) is 2.52. The normalized spacial score (nSPS) is 11.0. The van der Waals surface area contributed by atoms with E-state index in [1.807, 2.05) is 39.0 Å². The van der Waals surface area contributed by atoms with Crippen LogP contribution in [0.25, 0.3) is 0 Å². The Morgan fingerprint density at radius 2 is 1.46 bits per heavy atom. The van der Waals surface area contributed by atoms with Gasteiger partial charge >= 0.3 is 0 Å². The van der Waals surface area contributed by atoms with Gasteiger partial charge in [0.25, 0.3) is 11.8 Å². The van der Waals surface area contributed by atoms with Crippen LogP contribution in [0.2, 0.25) is 5.02 Å². The molecule has 4 nitrogen and oxygen atoms in total. The van der Waals surface area contributed by atoms with Crippen LogP contribution in [0.15, 0.2) is 48.5 Å². The van der Waals surface area contributed by atoms with Gasteiger partial charge in [-0.05, 0) is 56.7 Å². The molecule has 0 bridgehead atoms. The minimum Gasteiger partial charge on any atom is -0.348 e. The second kappa shape index (κ2) is 7.49. The molecule has 2 rings (SSSR count). The Kier molecular flexibility index (Phi) is 5.62. The fourth-order valence-corrected chi connectivity index (χ4v) is 2.31. The van der Waals surface area contributed by atoms with Crippen molar-refractivity contribution in [2.45, 2.75) is 32.9 Å². The van der Waals surface area contributed by atoms with E-state index < -0.39 is 0 Å². The Balaban J connectivity index is 1.99. The smallest absolute Gasteiger partial charge is 0.251 e. The van der Waals surface area contributed by atoms with Crippen LogP contribution in [-0.2, 0) is 6.54 Å². The number of benzene rings is 2. The van der Waals surface area contributed by atoms with E-state index >= 15 is 0 Å². The lowest BCUT2D eigenvalue weighted by atomic mass is 10.1. The van der Waals surface area contributed by atoms with Crippen LogP contribution in [0.1, 0.15) is 47.1 Å². The molecule has 2 amide bonds. The zero-order valence-electron chi connectivity index (χ0n) is 14.0. The lowest BCUT2D eigenvalue weighted by Crippen LogP contribution is -2.40. The molecule has 0 saturated carbocycles. The van der Waals surface area contributed by atoms with Crippen LogP contribution in [0.4, 0.5) is 0 Å². The highest BCUT2D eigenvalue weighted by Crippen LogP contribution is 2.14. The molecule has 0 aromatic heterocycles. The Labute approximate surface area is 147 Å². The summed E-state index contributed by atoms with van der Waals surface area (Å²) >= 11 is 6.07. The molecule has 2 aromatic carbocycles. The third kappa shape index (κ3) is 5.10. The Morgan fingerprint density at radius 1 is 0.917 bits per heavy atom. The Hall–Kier alpha value is -2.33. The first-order valence-corrected chi connectivity index (χ1v) is 8.08. The Morgan fingerprint density at radius 3 is 2.00 bits per heavy atom. The van der Waals surface area contributed by atoms with Crippen LogP contribution >= 0.6 is 11.6 Å². The number of halogens is 1. The second-order valence-electron chi connectivity index (χ2n) is 6.56. The summed E-state index contributed by atoms with van der Waals surface area (Å²) in [5.41, 5.74) is 1.57. The van der Waals surface area contributed by atoms with Gasteiger partial charge in [-0.15, -0.1) is 0 Å². The quantitative estimate of drug-likeness (QED) is 0.886. The van der Waals surface area contributed by atoms with Crippen LogP contribution in [0.5, 0.6) is 0 Å². The van der Waals surface area contributed by atoms with Crippen molar-refractivity contribution in [1.82, 2.24) is 10.6 Å². The number of carbonyl (C=O) groups excluding carboxylic acids is 2. The van der Waals surface area contributed by atoms with Gasteiger partial charge in [-0.1, -0.05) is 29.8 Å². The molecule has 0 aliphatic rings. The van der Waals surface area contributed by atoms with E-state index in [0.717, 1.165) is 5.56 Å². The largest absolute Gasteiger partial charge is 0.348 e. The van der Waals surface area contributed by atoms with Crippen molar-refractivity contribution in [3.05, 3.63) is 70.2 Å². The molecule has 0 aliphatic heterocycles. The van der Waals surface area contributed by atoms with E-state index in [-0.39, 0.29) is 17.4 Å². The van der Waals surface area contributed by atoms with Crippen molar-refractivity contribution >= 4 is 23.4 Å². The van der Waals surface area contributed by atoms with Crippen LogP contribution in [0.3, 0.4) is 0 Å². The van der Waals surface area contributed by atoms with Gasteiger partial charge in [0.1, 0.15) is 0 Å². The zero-order chi connectivity index (χ0) is 17.7. The van der Waals surface area contributed by atoms with Crippen LogP contribution in [-0.4, -0.2) is 17.4 Å². The highest BCUT2D eigenvalue weighted by atomic mass is 35.5. The lowest BCUT2D eigenvalue weighted by molar-refractivity contribution is 0.0915. The van der Waals surface area contributed by atoms with Crippen molar-refractivity contribution in [3.8, 4) is 0 Å². The third-order valence-electron chi connectivity index (χ3n) is 3.30. The van der Waals surface area contributed by atoms with E-state index in [2.05, 4.69) is 10.6 Å². The number of carbonyl (C=O) groups is 2. The topological polar surface area (TPSA) is 58.2 Å². The summed E-state index contributed by atoms with van der Waals surface area (Å²) in [6.07, 6.45) is 0. The number of amides is 2. The zero-order valence-corrected chi connectivity index (χ0v) is 14.8. The molecule has 24 heavy (non-hydrogen) atoms. The molecule has 0 unspecified atom stereocenters. The first-order chi connectivity index (χ1) is 11.3. The fraction of sp³-hybridized carbons (Fsp3) is 0.263. The van der Waals surface area contributed by atoms with Gasteiger partial charge in [-0.3, -0.25) is 9.59 Å². The average molecular weight is 345 g/mol. The fourth-order valence-electron chi connectivity index (χ4n) is 2.11. The second-order valence-corrected chi connectivity index (χ2v) is 6.96. The molecule has 5 heteroatoms. The SMILES string of the molecule is CC(C)(C)NC(=O)c1ccc(C(=O)NCc2ccccc2Cl)cc1. The summed E-state index contributed by atoms with van der Waals surface area (Å²) in [6, 6.07) is 13.9. The van der Waals surface area contributed by atoms with Crippen molar-refractivity contribution in [3.63, 3.8) is 0 Å². The molecule has 0 saturated heterocycles. The van der Waals surface area contributed by atoms with Crippen molar-refractivity contribution in [1.29, 1.82) is 0 Å². The molecule has 2 N–H and O–H groups in total. The molecule has 0 aliphatic carbocycles. The lowest BCUT2D eigenvalue weighted by Gasteiger charge is -2.20. The van der Waals surface area contributed by atoms with E-state index in [9.17, 15) is 9.59 Å². The van der Waals surface area contributed by atoms with Gasteiger partial charge in [0.05, 0.1) is 0 Å². The molecular formula is C19H21ClN2O2. The molecule has 126 valence electrons. The van der Waals surface area contributed by atoms with E-state index in [0.29, 0.717) is 22.7 Å². The maximum absolute atomic E-state index is 12.2. The van der Waals surface area contributed by atoms with E-state index in [1.54, 1.807) is 30.3 Å². The summed E-state index contributed by atoms with van der Waals surface area (Å²) < 4.78 is 0. The molecule has 0 spiro atoms. The van der Waals surface area contributed by atoms with Gasteiger partial charge in [0, 0.05) is 28.2 Å². The highest BCUT2D eigenvalue weighted by Gasteiger charge is 2.15. The third-order valence-corrected chi connectivity index (χ3v) is 3.66. The predicted octanol–water partition coefficient (Wildman–Crippen LogP) is 3.80. The molecular weight excluding hydrogens is 324 g/mol. The van der Waals surface area contributed by atoms with Crippen LogP contribution in [0, 0.1) is 0 Å². The molecule has 0 radical (unpaired) electrons. The maximum atomic E-state index is 12.2. The predicted molar refractivity (Wildman–Crippen MR) is 96.3 cm³/mol. The molecule has 2 aromatic rings. The summed E-state index contributed by atoms with van der Waals surface area (Å²) in [5.74, 6) is -0.372.